The average Bonchev–Trinajstić information content (AvgIpc) is 2.94. The Morgan fingerprint density at radius 1 is 1.50 bits per heavy atom. The van der Waals surface area contributed by atoms with Crippen molar-refractivity contribution in [3.63, 3.8) is 0 Å². The highest BCUT2D eigenvalue weighted by molar-refractivity contribution is 5.10. The minimum Gasteiger partial charge on any atom is -0.368 e. The van der Waals surface area contributed by atoms with Gasteiger partial charge in [-0.1, -0.05) is 0 Å². The van der Waals surface area contributed by atoms with Crippen molar-refractivity contribution in [3.05, 3.63) is 18.0 Å². The summed E-state index contributed by atoms with van der Waals surface area (Å²) in [5.74, 6) is 0.872. The smallest absolute Gasteiger partial charge is 0.0983 e. The fraction of sp³-hybridized carbons (Fsp3) is 0.750. The van der Waals surface area contributed by atoms with Gasteiger partial charge in [0.05, 0.1) is 18.4 Å². The van der Waals surface area contributed by atoms with Gasteiger partial charge in [0.25, 0.3) is 0 Å². The van der Waals surface area contributed by atoms with Crippen LogP contribution in [0.1, 0.15) is 31.4 Å². The van der Waals surface area contributed by atoms with E-state index in [4.69, 9.17) is 4.74 Å². The van der Waals surface area contributed by atoms with E-state index in [0.29, 0.717) is 6.10 Å². The first-order valence-corrected chi connectivity index (χ1v) is 6.20. The summed E-state index contributed by atoms with van der Waals surface area (Å²) in [6.07, 6.45) is 7.30. The van der Waals surface area contributed by atoms with Gasteiger partial charge >= 0.3 is 0 Å². The SMILES string of the molecule is C[C@@H]1CNC[C@H](c2cnn(CC3CC3)c2)O1. The first-order valence-electron chi connectivity index (χ1n) is 6.20. The molecule has 0 aromatic carbocycles. The van der Waals surface area contributed by atoms with Crippen LogP contribution in [-0.2, 0) is 11.3 Å². The maximum Gasteiger partial charge on any atom is 0.0983 e. The van der Waals surface area contributed by atoms with E-state index in [2.05, 4.69) is 28.2 Å². The second kappa shape index (κ2) is 4.18. The molecule has 2 atom stereocenters. The third kappa shape index (κ3) is 2.28. The molecule has 0 unspecified atom stereocenters. The summed E-state index contributed by atoms with van der Waals surface area (Å²) in [5.41, 5.74) is 1.21. The zero-order chi connectivity index (χ0) is 11.0. The molecule has 1 saturated carbocycles. The zero-order valence-corrected chi connectivity index (χ0v) is 9.72. The van der Waals surface area contributed by atoms with Crippen LogP contribution in [0.25, 0.3) is 0 Å². The van der Waals surface area contributed by atoms with Crippen molar-refractivity contribution in [2.75, 3.05) is 13.1 Å². The van der Waals surface area contributed by atoms with Crippen LogP contribution in [-0.4, -0.2) is 29.0 Å². The second-order valence-electron chi connectivity index (χ2n) is 5.03. The minimum atomic E-state index is 0.178. The molecule has 2 aliphatic rings. The van der Waals surface area contributed by atoms with Gasteiger partial charge in [-0.05, 0) is 25.7 Å². The normalized spacial score (nSPS) is 30.6. The topological polar surface area (TPSA) is 39.1 Å². The summed E-state index contributed by atoms with van der Waals surface area (Å²) in [5, 5.41) is 7.79. The Kier molecular flexibility index (Phi) is 2.69. The maximum atomic E-state index is 5.89. The van der Waals surface area contributed by atoms with Crippen LogP contribution in [0.15, 0.2) is 12.4 Å². The summed E-state index contributed by atoms with van der Waals surface area (Å²) in [7, 11) is 0. The lowest BCUT2D eigenvalue weighted by atomic mass is 10.1. The number of rotatable bonds is 3. The Hall–Kier alpha value is -0.870. The maximum absolute atomic E-state index is 5.89. The number of ether oxygens (including phenoxy) is 1. The molecule has 1 saturated heterocycles. The average molecular weight is 221 g/mol. The lowest BCUT2D eigenvalue weighted by Gasteiger charge is -2.27. The zero-order valence-electron chi connectivity index (χ0n) is 9.72. The number of hydrogen-bond acceptors (Lipinski definition) is 3. The van der Waals surface area contributed by atoms with Crippen LogP contribution in [0.3, 0.4) is 0 Å². The van der Waals surface area contributed by atoms with Gasteiger partial charge < -0.3 is 10.1 Å². The lowest BCUT2D eigenvalue weighted by Crippen LogP contribution is -2.38. The summed E-state index contributed by atoms with van der Waals surface area (Å²) in [6.45, 7) is 5.04. The van der Waals surface area contributed by atoms with E-state index in [1.165, 1.54) is 18.4 Å². The molecular weight excluding hydrogens is 202 g/mol. The molecule has 1 N–H and O–H groups in total. The molecular formula is C12H19N3O. The fourth-order valence-corrected chi connectivity index (χ4v) is 2.20. The highest BCUT2D eigenvalue weighted by atomic mass is 16.5. The van der Waals surface area contributed by atoms with Crippen molar-refractivity contribution in [2.24, 2.45) is 5.92 Å². The summed E-state index contributed by atoms with van der Waals surface area (Å²) in [6, 6.07) is 0. The third-order valence-electron chi connectivity index (χ3n) is 3.33. The Morgan fingerprint density at radius 2 is 2.38 bits per heavy atom. The van der Waals surface area contributed by atoms with Gasteiger partial charge in [-0.15, -0.1) is 0 Å². The highest BCUT2D eigenvalue weighted by Crippen LogP contribution is 2.30. The van der Waals surface area contributed by atoms with Gasteiger partial charge in [-0.25, -0.2) is 0 Å². The molecule has 0 bridgehead atoms. The molecule has 4 heteroatoms. The van der Waals surface area contributed by atoms with Crippen molar-refractivity contribution in [1.82, 2.24) is 15.1 Å². The lowest BCUT2D eigenvalue weighted by molar-refractivity contribution is -0.0287. The standard InChI is InChI=1S/C12H19N3O/c1-9-4-13-6-12(16-9)11-5-14-15(8-11)7-10-2-3-10/h5,8-10,12-13H,2-4,6-7H2,1H3/t9-,12-/m1/s1. The summed E-state index contributed by atoms with van der Waals surface area (Å²) in [4.78, 5) is 0. The van der Waals surface area contributed by atoms with E-state index >= 15 is 0 Å². The molecule has 1 aromatic rings. The van der Waals surface area contributed by atoms with Crippen molar-refractivity contribution in [1.29, 1.82) is 0 Å². The largest absolute Gasteiger partial charge is 0.368 e. The second-order valence-corrected chi connectivity index (χ2v) is 5.03. The van der Waals surface area contributed by atoms with Crippen LogP contribution < -0.4 is 5.32 Å². The third-order valence-corrected chi connectivity index (χ3v) is 3.33. The number of morpholine rings is 1. The van der Waals surface area contributed by atoms with Gasteiger partial charge in [0.1, 0.15) is 0 Å². The molecule has 3 rings (SSSR count). The van der Waals surface area contributed by atoms with E-state index in [1.807, 2.05) is 6.20 Å². The summed E-state index contributed by atoms with van der Waals surface area (Å²) >= 11 is 0. The van der Waals surface area contributed by atoms with Gasteiger partial charge in [-0.2, -0.15) is 5.10 Å². The van der Waals surface area contributed by atoms with Crippen molar-refractivity contribution < 1.29 is 4.74 Å². The summed E-state index contributed by atoms with van der Waals surface area (Å²) < 4.78 is 7.96. The van der Waals surface area contributed by atoms with Crippen molar-refractivity contribution in [2.45, 2.75) is 38.5 Å². The predicted molar refractivity (Wildman–Crippen MR) is 61.1 cm³/mol. The van der Waals surface area contributed by atoms with E-state index in [0.717, 1.165) is 25.6 Å². The first kappa shape index (κ1) is 10.3. The van der Waals surface area contributed by atoms with Crippen molar-refractivity contribution in [3.8, 4) is 0 Å². The molecule has 88 valence electrons. The van der Waals surface area contributed by atoms with E-state index in [1.54, 1.807) is 0 Å². The molecule has 0 spiro atoms. The minimum absolute atomic E-state index is 0.178. The number of nitrogens with zero attached hydrogens (tertiary/aromatic N) is 2. The molecule has 0 amide bonds. The Morgan fingerprint density at radius 3 is 3.12 bits per heavy atom. The molecule has 4 nitrogen and oxygen atoms in total. The Balaban J connectivity index is 1.65. The molecule has 2 heterocycles. The molecule has 1 aliphatic heterocycles. The molecule has 0 radical (unpaired) electrons. The van der Waals surface area contributed by atoms with E-state index in [-0.39, 0.29) is 6.10 Å². The van der Waals surface area contributed by atoms with Gasteiger partial charge in [0, 0.05) is 31.4 Å². The molecule has 1 aliphatic carbocycles. The van der Waals surface area contributed by atoms with Gasteiger partial charge in [0.15, 0.2) is 0 Å². The number of hydrogen-bond donors (Lipinski definition) is 1. The quantitative estimate of drug-likeness (QED) is 0.837. The fourth-order valence-electron chi connectivity index (χ4n) is 2.20. The van der Waals surface area contributed by atoms with Gasteiger partial charge in [-0.3, -0.25) is 4.68 Å². The van der Waals surface area contributed by atoms with Gasteiger partial charge in [0.2, 0.25) is 0 Å². The highest BCUT2D eigenvalue weighted by Gasteiger charge is 2.24. The molecule has 1 aromatic heterocycles. The number of aromatic nitrogens is 2. The molecule has 16 heavy (non-hydrogen) atoms. The predicted octanol–water partition coefficient (Wildman–Crippen LogP) is 1.34. The number of nitrogens with one attached hydrogen (secondary N) is 1. The molecule has 2 fully saturated rings. The van der Waals surface area contributed by atoms with Crippen molar-refractivity contribution >= 4 is 0 Å². The van der Waals surface area contributed by atoms with E-state index < -0.39 is 0 Å². The van der Waals surface area contributed by atoms with Crippen LogP contribution in [0.2, 0.25) is 0 Å². The van der Waals surface area contributed by atoms with Crippen LogP contribution in [0, 0.1) is 5.92 Å². The van der Waals surface area contributed by atoms with Crippen LogP contribution in [0.4, 0.5) is 0 Å². The monoisotopic (exact) mass is 221 g/mol. The van der Waals surface area contributed by atoms with Crippen LogP contribution >= 0.6 is 0 Å². The Bertz CT molecular complexity index is 359. The van der Waals surface area contributed by atoms with Crippen LogP contribution in [0.5, 0.6) is 0 Å². The van der Waals surface area contributed by atoms with E-state index in [9.17, 15) is 0 Å². The Labute approximate surface area is 96.0 Å². The first-order chi connectivity index (χ1) is 7.81.